The Labute approximate surface area is 134 Å². The zero-order chi connectivity index (χ0) is 16.1. The number of nitrogens with one attached hydrogen (secondary N) is 1. The highest BCUT2D eigenvalue weighted by atomic mass is 32.2. The lowest BCUT2D eigenvalue weighted by Gasteiger charge is -2.12. The van der Waals surface area contributed by atoms with Crippen LogP contribution in [0.3, 0.4) is 0 Å². The Morgan fingerprint density at radius 3 is 2.86 bits per heavy atom. The first-order valence-electron chi connectivity index (χ1n) is 7.14. The maximum absolute atomic E-state index is 12.4. The second-order valence-corrected chi connectivity index (χ2v) is 6.16. The fourth-order valence-corrected chi connectivity index (χ4v) is 2.51. The van der Waals surface area contributed by atoms with Crippen molar-refractivity contribution >= 4 is 17.7 Å². The van der Waals surface area contributed by atoms with Crippen molar-refractivity contribution in [1.29, 1.82) is 0 Å². The number of rotatable bonds is 6. The monoisotopic (exact) mass is 320 g/mol. The Morgan fingerprint density at radius 2 is 2.18 bits per heavy atom. The Balaban J connectivity index is 2.17. The van der Waals surface area contributed by atoms with E-state index in [4.69, 9.17) is 4.74 Å². The Bertz CT molecular complexity index is 655. The molecule has 0 bridgehead atoms. The topological polar surface area (TPSA) is 69.0 Å². The molecule has 0 aliphatic carbocycles. The zero-order valence-corrected chi connectivity index (χ0v) is 14.0. The first-order valence-corrected chi connectivity index (χ1v) is 8.12. The highest BCUT2D eigenvalue weighted by molar-refractivity contribution is 7.99. The molecule has 7 heteroatoms. The van der Waals surface area contributed by atoms with E-state index in [1.807, 2.05) is 26.8 Å². The summed E-state index contributed by atoms with van der Waals surface area (Å²) < 4.78 is 7.21. The van der Waals surface area contributed by atoms with Gasteiger partial charge < -0.3 is 4.74 Å². The number of aromatic nitrogens is 3. The molecule has 1 heterocycles. The Morgan fingerprint density at radius 1 is 1.41 bits per heavy atom. The van der Waals surface area contributed by atoms with Crippen LogP contribution in [0.4, 0.5) is 0 Å². The molecule has 6 nitrogen and oxygen atoms in total. The lowest BCUT2D eigenvalue weighted by molar-refractivity contribution is 0.100. The van der Waals surface area contributed by atoms with Gasteiger partial charge >= 0.3 is 0 Å². The van der Waals surface area contributed by atoms with Crippen molar-refractivity contribution in [3.63, 3.8) is 0 Å². The van der Waals surface area contributed by atoms with Crippen LogP contribution in [0.5, 0.6) is 5.75 Å². The maximum Gasteiger partial charge on any atom is 0.270 e. The molecular weight excluding hydrogens is 300 g/mol. The summed E-state index contributed by atoms with van der Waals surface area (Å²) >= 11 is 1.52. The van der Waals surface area contributed by atoms with Crippen LogP contribution in [0.25, 0.3) is 0 Å². The predicted octanol–water partition coefficient (Wildman–Crippen LogP) is 2.87. The molecule has 22 heavy (non-hydrogen) atoms. The van der Waals surface area contributed by atoms with Gasteiger partial charge in [0.05, 0.1) is 6.10 Å². The third-order valence-corrected chi connectivity index (χ3v) is 3.56. The third-order valence-electron chi connectivity index (χ3n) is 2.75. The number of carbonyl (C=O) groups is 1. The predicted molar refractivity (Wildman–Crippen MR) is 87.1 cm³/mol. The van der Waals surface area contributed by atoms with Crippen LogP contribution < -0.4 is 10.2 Å². The van der Waals surface area contributed by atoms with Crippen molar-refractivity contribution in [2.75, 3.05) is 11.2 Å². The number of carbonyl (C=O) groups excluding carboxylic acids is 1. The average Bonchev–Trinajstić information content (AvgIpc) is 2.80. The summed E-state index contributed by atoms with van der Waals surface area (Å²) in [5, 5.41) is 8.71. The van der Waals surface area contributed by atoms with Crippen molar-refractivity contribution in [2.45, 2.75) is 39.0 Å². The molecule has 0 radical (unpaired) electrons. The number of nitrogens with zero attached hydrogens (tertiary/aromatic N) is 3. The second-order valence-electron chi connectivity index (χ2n) is 4.93. The zero-order valence-electron chi connectivity index (χ0n) is 13.2. The lowest BCUT2D eigenvalue weighted by atomic mass is 10.2. The summed E-state index contributed by atoms with van der Waals surface area (Å²) in [5.41, 5.74) is 3.34. The summed E-state index contributed by atoms with van der Waals surface area (Å²) in [6.45, 7) is 7.71. The van der Waals surface area contributed by atoms with E-state index < -0.39 is 0 Å². The minimum absolute atomic E-state index is 0.0611. The van der Waals surface area contributed by atoms with Gasteiger partial charge in [-0.1, -0.05) is 24.8 Å². The fraction of sp³-hybridized carbons (Fsp3) is 0.400. The maximum atomic E-state index is 12.4. The lowest BCUT2D eigenvalue weighted by Crippen LogP contribution is -2.24. The van der Waals surface area contributed by atoms with Crippen molar-refractivity contribution < 1.29 is 9.53 Å². The molecule has 1 amide bonds. The molecular formula is C15H20N4O2S. The fourth-order valence-electron chi connectivity index (χ4n) is 1.84. The highest BCUT2D eigenvalue weighted by Gasteiger charge is 2.13. The van der Waals surface area contributed by atoms with Crippen LogP contribution in [0.1, 0.15) is 37.0 Å². The molecule has 1 N–H and O–H groups in total. The molecule has 1 aromatic heterocycles. The van der Waals surface area contributed by atoms with Gasteiger partial charge in [0.1, 0.15) is 11.6 Å². The number of hydrogen-bond acceptors (Lipinski definition) is 5. The Kier molecular flexibility index (Phi) is 5.43. The molecule has 0 aliphatic rings. The number of aryl methyl sites for hydroxylation is 1. The largest absolute Gasteiger partial charge is 0.491 e. The van der Waals surface area contributed by atoms with Gasteiger partial charge in [0.2, 0.25) is 5.16 Å². The van der Waals surface area contributed by atoms with Gasteiger partial charge in [-0.05, 0) is 44.7 Å². The third kappa shape index (κ3) is 4.00. The van der Waals surface area contributed by atoms with E-state index in [0.717, 1.165) is 5.75 Å². The highest BCUT2D eigenvalue weighted by Crippen LogP contribution is 2.17. The van der Waals surface area contributed by atoms with E-state index in [1.165, 1.54) is 11.8 Å². The van der Waals surface area contributed by atoms with Crippen LogP contribution in [0.15, 0.2) is 29.4 Å². The smallest absolute Gasteiger partial charge is 0.270 e. The summed E-state index contributed by atoms with van der Waals surface area (Å²) in [5.74, 6) is 1.94. The van der Waals surface area contributed by atoms with E-state index >= 15 is 0 Å². The van der Waals surface area contributed by atoms with E-state index in [-0.39, 0.29) is 12.0 Å². The molecule has 0 unspecified atom stereocenters. The molecule has 1 aromatic carbocycles. The minimum atomic E-state index is -0.227. The minimum Gasteiger partial charge on any atom is -0.491 e. The molecule has 0 atom stereocenters. The van der Waals surface area contributed by atoms with Crippen molar-refractivity contribution in [2.24, 2.45) is 0 Å². The van der Waals surface area contributed by atoms with Crippen molar-refractivity contribution in [3.8, 4) is 5.75 Å². The van der Waals surface area contributed by atoms with E-state index in [9.17, 15) is 4.79 Å². The number of ether oxygens (including phenoxy) is 1. The van der Waals surface area contributed by atoms with Gasteiger partial charge in [-0.3, -0.25) is 10.2 Å². The molecule has 118 valence electrons. The second kappa shape index (κ2) is 7.31. The average molecular weight is 320 g/mol. The number of thioether (sulfide) groups is 1. The summed E-state index contributed by atoms with van der Waals surface area (Å²) in [6.07, 6.45) is 0.0611. The Hall–Kier alpha value is -2.02. The van der Waals surface area contributed by atoms with Gasteiger partial charge in [-0.15, -0.1) is 10.2 Å². The number of amides is 1. The van der Waals surface area contributed by atoms with Gasteiger partial charge in [0.25, 0.3) is 5.91 Å². The number of benzene rings is 1. The van der Waals surface area contributed by atoms with Crippen molar-refractivity contribution in [1.82, 2.24) is 14.9 Å². The summed E-state index contributed by atoms with van der Waals surface area (Å²) in [7, 11) is 0. The molecule has 0 saturated heterocycles. The molecule has 0 aliphatic heterocycles. The van der Waals surface area contributed by atoms with Crippen LogP contribution in [0.2, 0.25) is 0 Å². The van der Waals surface area contributed by atoms with Crippen LogP contribution >= 0.6 is 11.8 Å². The quantitative estimate of drug-likeness (QED) is 0.829. The standard InChI is InChI=1S/C15H20N4O2S/c1-5-22-15-17-16-11(4)19(15)18-14(20)12-7-6-8-13(9-12)21-10(2)3/h6-10H,5H2,1-4H3,(H,18,20). The van der Waals surface area contributed by atoms with Gasteiger partial charge in [-0.25, -0.2) is 4.68 Å². The molecule has 0 fully saturated rings. The first kappa shape index (κ1) is 16.4. The van der Waals surface area contributed by atoms with E-state index in [2.05, 4.69) is 15.6 Å². The summed E-state index contributed by atoms with van der Waals surface area (Å²) in [4.78, 5) is 12.4. The normalized spacial score (nSPS) is 10.8. The van der Waals surface area contributed by atoms with E-state index in [1.54, 1.807) is 29.8 Å². The van der Waals surface area contributed by atoms with Gasteiger partial charge in [-0.2, -0.15) is 0 Å². The van der Waals surface area contributed by atoms with E-state index in [0.29, 0.717) is 22.3 Å². The van der Waals surface area contributed by atoms with Gasteiger partial charge in [0.15, 0.2) is 0 Å². The van der Waals surface area contributed by atoms with Gasteiger partial charge in [0, 0.05) is 5.56 Å². The molecule has 2 rings (SSSR count). The molecule has 0 saturated carbocycles. The molecule has 0 spiro atoms. The van der Waals surface area contributed by atoms with Crippen LogP contribution in [-0.2, 0) is 0 Å². The van der Waals surface area contributed by atoms with Crippen LogP contribution in [0, 0.1) is 6.92 Å². The molecule has 2 aromatic rings. The number of hydrogen-bond donors (Lipinski definition) is 1. The van der Waals surface area contributed by atoms with Crippen molar-refractivity contribution in [3.05, 3.63) is 35.7 Å². The summed E-state index contributed by atoms with van der Waals surface area (Å²) in [6, 6.07) is 7.10. The first-order chi connectivity index (χ1) is 10.5. The SMILES string of the molecule is CCSc1nnc(C)n1NC(=O)c1cccc(OC(C)C)c1. The van der Waals surface area contributed by atoms with Crippen LogP contribution in [-0.4, -0.2) is 32.6 Å².